The summed E-state index contributed by atoms with van der Waals surface area (Å²) in [4.78, 5) is 1.41. The van der Waals surface area contributed by atoms with Gasteiger partial charge in [0.2, 0.25) is 0 Å². The molecule has 2 rings (SSSR count). The average Bonchev–Trinajstić information content (AvgIpc) is 2.60. The van der Waals surface area contributed by atoms with Crippen LogP contribution in [0.5, 0.6) is 0 Å². The lowest BCUT2D eigenvalue weighted by atomic mass is 10.1. The summed E-state index contributed by atoms with van der Waals surface area (Å²) in [6.45, 7) is 2.12. The second-order valence-corrected chi connectivity index (χ2v) is 8.46. The number of benzene rings is 1. The van der Waals surface area contributed by atoms with E-state index in [1.165, 1.54) is 10.4 Å². The number of thiophene rings is 1. The summed E-state index contributed by atoms with van der Waals surface area (Å²) in [5.41, 5.74) is 2.33. The molecule has 0 aliphatic carbocycles. The Labute approximate surface area is 135 Å². The summed E-state index contributed by atoms with van der Waals surface area (Å²) < 4.78 is 2.17. The molecule has 0 saturated heterocycles. The van der Waals surface area contributed by atoms with Crippen LogP contribution in [0.3, 0.4) is 0 Å². The molecule has 0 bridgehead atoms. The van der Waals surface area contributed by atoms with Gasteiger partial charge >= 0.3 is 0 Å². The maximum absolute atomic E-state index is 6.24. The van der Waals surface area contributed by atoms with Crippen molar-refractivity contribution in [2.24, 2.45) is 0 Å². The quantitative estimate of drug-likeness (QED) is 0.438. The van der Waals surface area contributed by atoms with E-state index in [1.807, 2.05) is 18.2 Å². The predicted octanol–water partition coefficient (Wildman–Crippen LogP) is 6.72. The van der Waals surface area contributed by atoms with Crippen molar-refractivity contribution in [3.05, 3.63) is 53.6 Å². The van der Waals surface area contributed by atoms with Crippen LogP contribution in [0.1, 0.15) is 20.8 Å². The SMILES string of the molecule is Cc1sc(Br)cc1C(Br)c1cc(Br)ccc1Cl. The van der Waals surface area contributed by atoms with Crippen LogP contribution in [0.4, 0.5) is 0 Å². The molecule has 0 fully saturated rings. The van der Waals surface area contributed by atoms with Crippen molar-refractivity contribution < 1.29 is 0 Å². The monoisotopic (exact) mass is 456 g/mol. The number of aryl methyl sites for hydroxylation is 1. The van der Waals surface area contributed by atoms with Crippen molar-refractivity contribution in [3.63, 3.8) is 0 Å². The summed E-state index contributed by atoms with van der Waals surface area (Å²) in [7, 11) is 0. The van der Waals surface area contributed by atoms with Gasteiger partial charge in [0.25, 0.3) is 0 Å². The number of halogens is 4. The maximum Gasteiger partial charge on any atom is 0.0704 e. The van der Waals surface area contributed by atoms with Crippen LogP contribution in [0, 0.1) is 6.92 Å². The third-order valence-electron chi connectivity index (χ3n) is 2.43. The highest BCUT2D eigenvalue weighted by atomic mass is 79.9. The van der Waals surface area contributed by atoms with E-state index in [1.54, 1.807) is 11.3 Å². The molecule has 0 amide bonds. The average molecular weight is 459 g/mol. The summed E-state index contributed by atoms with van der Waals surface area (Å²) in [6.07, 6.45) is 0. The van der Waals surface area contributed by atoms with Crippen LogP contribution in [-0.2, 0) is 0 Å². The van der Waals surface area contributed by atoms with Gasteiger partial charge in [0, 0.05) is 14.4 Å². The van der Waals surface area contributed by atoms with E-state index >= 15 is 0 Å². The maximum atomic E-state index is 6.24. The molecule has 2 aromatic rings. The lowest BCUT2D eigenvalue weighted by molar-refractivity contribution is 1.17. The van der Waals surface area contributed by atoms with Crippen LogP contribution in [0.25, 0.3) is 0 Å². The standard InChI is InChI=1S/C12H8Br3ClS/c1-6-8(5-11(14)17-6)12(15)9-4-7(13)2-3-10(9)16/h2-5,12H,1H3. The zero-order valence-electron chi connectivity index (χ0n) is 8.81. The molecule has 1 atom stereocenters. The molecule has 0 aliphatic rings. The summed E-state index contributed by atoms with van der Waals surface area (Å²) in [5, 5.41) is 0.775. The molecular weight excluding hydrogens is 451 g/mol. The van der Waals surface area contributed by atoms with Gasteiger partial charge in [-0.2, -0.15) is 0 Å². The van der Waals surface area contributed by atoms with Gasteiger partial charge in [-0.3, -0.25) is 0 Å². The Kier molecular flexibility index (Phi) is 4.75. The van der Waals surface area contributed by atoms with E-state index in [4.69, 9.17) is 11.6 Å². The molecular formula is C12H8Br3ClS. The van der Waals surface area contributed by atoms with Gasteiger partial charge in [0.05, 0.1) is 8.61 Å². The molecule has 1 aromatic heterocycles. The fourth-order valence-corrected chi connectivity index (χ4v) is 5.08. The molecule has 5 heteroatoms. The third-order valence-corrected chi connectivity index (χ3v) is 5.82. The molecule has 0 radical (unpaired) electrons. The van der Waals surface area contributed by atoms with Crippen molar-refractivity contribution in [2.45, 2.75) is 11.8 Å². The molecule has 0 spiro atoms. The molecule has 0 N–H and O–H groups in total. The molecule has 0 nitrogen and oxygen atoms in total. The molecule has 17 heavy (non-hydrogen) atoms. The van der Waals surface area contributed by atoms with Gasteiger partial charge in [0.1, 0.15) is 0 Å². The van der Waals surface area contributed by atoms with E-state index in [2.05, 4.69) is 60.8 Å². The lowest BCUT2D eigenvalue weighted by Gasteiger charge is -2.12. The van der Waals surface area contributed by atoms with E-state index in [9.17, 15) is 0 Å². The normalized spacial score (nSPS) is 12.8. The van der Waals surface area contributed by atoms with E-state index in [0.29, 0.717) is 0 Å². The highest BCUT2D eigenvalue weighted by Crippen LogP contribution is 2.41. The largest absolute Gasteiger partial charge is 0.133 e. The first-order chi connectivity index (χ1) is 7.99. The van der Waals surface area contributed by atoms with Crippen molar-refractivity contribution in [1.82, 2.24) is 0 Å². The van der Waals surface area contributed by atoms with Crippen LogP contribution in [0.15, 0.2) is 32.5 Å². The first-order valence-corrected chi connectivity index (χ1v) is 8.53. The van der Waals surface area contributed by atoms with Crippen LogP contribution >= 0.6 is 70.7 Å². The van der Waals surface area contributed by atoms with Crippen molar-refractivity contribution in [3.8, 4) is 0 Å². The molecule has 1 heterocycles. The summed E-state index contributed by atoms with van der Waals surface area (Å²) in [5.74, 6) is 0. The Balaban J connectivity index is 2.46. The molecule has 0 aliphatic heterocycles. The van der Waals surface area contributed by atoms with Crippen molar-refractivity contribution >= 4 is 70.7 Å². The molecule has 1 aromatic carbocycles. The van der Waals surface area contributed by atoms with E-state index in [0.717, 1.165) is 18.8 Å². The molecule has 90 valence electrons. The Morgan fingerprint density at radius 1 is 1.18 bits per heavy atom. The Morgan fingerprint density at radius 3 is 2.47 bits per heavy atom. The van der Waals surface area contributed by atoms with Crippen LogP contribution in [0.2, 0.25) is 5.02 Å². The van der Waals surface area contributed by atoms with Crippen molar-refractivity contribution in [1.29, 1.82) is 0 Å². The number of hydrogen-bond acceptors (Lipinski definition) is 1. The van der Waals surface area contributed by atoms with Gasteiger partial charge < -0.3 is 0 Å². The molecule has 1 unspecified atom stereocenters. The fourth-order valence-electron chi connectivity index (χ4n) is 1.59. The van der Waals surface area contributed by atoms with Gasteiger partial charge in [-0.25, -0.2) is 0 Å². The van der Waals surface area contributed by atoms with E-state index in [-0.39, 0.29) is 4.83 Å². The lowest BCUT2D eigenvalue weighted by Crippen LogP contribution is -1.94. The molecule has 0 saturated carbocycles. The van der Waals surface area contributed by atoms with Gasteiger partial charge in [-0.15, -0.1) is 11.3 Å². The predicted molar refractivity (Wildman–Crippen MR) is 86.7 cm³/mol. The topological polar surface area (TPSA) is 0 Å². The summed E-state index contributed by atoms with van der Waals surface area (Å²) >= 11 is 18.7. The highest BCUT2D eigenvalue weighted by Gasteiger charge is 2.18. The number of hydrogen-bond donors (Lipinski definition) is 0. The zero-order chi connectivity index (χ0) is 12.6. The minimum Gasteiger partial charge on any atom is -0.133 e. The zero-order valence-corrected chi connectivity index (χ0v) is 15.1. The minimum absolute atomic E-state index is 0.120. The Morgan fingerprint density at radius 2 is 1.88 bits per heavy atom. The Bertz CT molecular complexity index is 551. The minimum atomic E-state index is 0.120. The van der Waals surface area contributed by atoms with Gasteiger partial charge in [-0.1, -0.05) is 43.5 Å². The second kappa shape index (κ2) is 5.74. The fraction of sp³-hybridized carbons (Fsp3) is 0.167. The number of alkyl halides is 1. The van der Waals surface area contributed by atoms with Crippen LogP contribution < -0.4 is 0 Å². The first-order valence-electron chi connectivity index (χ1n) is 4.84. The third kappa shape index (κ3) is 3.16. The Hall–Kier alpha value is 0.650. The number of rotatable bonds is 2. The van der Waals surface area contributed by atoms with E-state index < -0.39 is 0 Å². The van der Waals surface area contributed by atoms with Gasteiger partial charge in [0.15, 0.2) is 0 Å². The van der Waals surface area contributed by atoms with Crippen LogP contribution in [-0.4, -0.2) is 0 Å². The first kappa shape index (κ1) is 14.1. The second-order valence-electron chi connectivity index (χ2n) is 3.59. The highest BCUT2D eigenvalue weighted by molar-refractivity contribution is 9.11. The smallest absolute Gasteiger partial charge is 0.0704 e. The van der Waals surface area contributed by atoms with Gasteiger partial charge in [-0.05, 0) is 58.2 Å². The van der Waals surface area contributed by atoms with Crippen molar-refractivity contribution in [2.75, 3.05) is 0 Å². The summed E-state index contributed by atoms with van der Waals surface area (Å²) in [6, 6.07) is 8.04.